The zero-order valence-corrected chi connectivity index (χ0v) is 22.7. The number of aromatic nitrogens is 5. The molecule has 5 rings (SSSR count). The molecule has 1 aliphatic heterocycles. The topological polar surface area (TPSA) is 78.1 Å². The molecule has 0 N–H and O–H groups in total. The van der Waals surface area contributed by atoms with E-state index in [2.05, 4.69) is 34.0 Å². The Hall–Kier alpha value is -3.62. The molecular weight excluding hydrogens is 476 g/mol. The number of methoxy groups -OCH3 is 1. The van der Waals surface area contributed by atoms with Crippen LogP contribution >= 0.6 is 0 Å². The van der Waals surface area contributed by atoms with Gasteiger partial charge in [0.2, 0.25) is 0 Å². The van der Waals surface area contributed by atoms with Crippen LogP contribution in [0.4, 0.5) is 0 Å². The molecule has 0 aliphatic carbocycles. The molecule has 4 heterocycles. The smallest absolute Gasteiger partial charge is 0.139 e. The number of hydrogen-bond acceptors (Lipinski definition) is 6. The Morgan fingerprint density at radius 1 is 1.13 bits per heavy atom. The maximum atomic E-state index is 13.7. The number of Topliss-reactive ketones (excluding diaryl/α,β-unsaturated/α-hetero) is 1. The molecule has 0 saturated carbocycles. The number of rotatable bonds is 10. The summed E-state index contributed by atoms with van der Waals surface area (Å²) in [7, 11) is 3.63. The lowest BCUT2D eigenvalue weighted by Crippen LogP contribution is -2.25. The summed E-state index contributed by atoms with van der Waals surface area (Å²) in [6.45, 7) is 7.46. The highest BCUT2D eigenvalue weighted by Gasteiger charge is 2.35. The molecule has 4 aromatic rings. The summed E-state index contributed by atoms with van der Waals surface area (Å²) in [6.07, 6.45) is 6.53. The second-order valence-electron chi connectivity index (χ2n) is 10.3. The van der Waals surface area contributed by atoms with Crippen LogP contribution in [-0.2, 0) is 23.0 Å². The molecule has 0 amide bonds. The Bertz CT molecular complexity index is 1390. The van der Waals surface area contributed by atoms with E-state index in [9.17, 15) is 4.79 Å². The molecule has 0 bridgehead atoms. The normalized spacial score (nSPS) is 17.8. The van der Waals surface area contributed by atoms with Gasteiger partial charge in [-0.3, -0.25) is 14.5 Å². The number of carbonyl (C=O) groups is 1. The Kier molecular flexibility index (Phi) is 7.81. The lowest BCUT2D eigenvalue weighted by molar-refractivity contribution is -0.119. The summed E-state index contributed by atoms with van der Waals surface area (Å²) in [5, 5.41) is 9.28. The molecule has 38 heavy (non-hydrogen) atoms. The molecule has 3 aromatic heterocycles. The van der Waals surface area contributed by atoms with E-state index in [0.29, 0.717) is 25.4 Å². The van der Waals surface area contributed by atoms with Gasteiger partial charge in [0.15, 0.2) is 0 Å². The average Bonchev–Trinajstić information content (AvgIpc) is 3.61. The second-order valence-corrected chi connectivity index (χ2v) is 10.3. The van der Waals surface area contributed by atoms with Crippen LogP contribution in [-0.4, -0.2) is 68.6 Å². The number of pyridine rings is 1. The Morgan fingerprint density at radius 3 is 2.66 bits per heavy atom. The van der Waals surface area contributed by atoms with Gasteiger partial charge in [-0.1, -0.05) is 18.2 Å². The monoisotopic (exact) mass is 512 g/mol. The first kappa shape index (κ1) is 26.0. The molecule has 1 aromatic carbocycles. The van der Waals surface area contributed by atoms with E-state index in [0.717, 1.165) is 53.5 Å². The number of hydrogen-bond donors (Lipinski definition) is 0. The maximum Gasteiger partial charge on any atom is 0.139 e. The van der Waals surface area contributed by atoms with Gasteiger partial charge in [0.25, 0.3) is 0 Å². The van der Waals surface area contributed by atoms with Gasteiger partial charge in [-0.25, -0.2) is 4.68 Å². The van der Waals surface area contributed by atoms with Crippen LogP contribution in [0.15, 0.2) is 61.1 Å². The van der Waals surface area contributed by atoms with Crippen LogP contribution < -0.4 is 0 Å². The molecule has 198 valence electrons. The first-order valence-electron chi connectivity index (χ1n) is 13.2. The highest BCUT2D eigenvalue weighted by molar-refractivity contribution is 5.82. The third-order valence-electron chi connectivity index (χ3n) is 7.55. The SMILES string of the molecule is COCCN1C[C@@H](CC(=O)Cc2c(C)c(-c3cnn(C)c3)nn2-c2ccccc2)[C@H](c2ccnc(C)c2)C1. The summed E-state index contributed by atoms with van der Waals surface area (Å²) < 4.78 is 9.04. The number of nitrogens with zero attached hydrogens (tertiary/aromatic N) is 6. The van der Waals surface area contributed by atoms with Crippen LogP contribution in [0.2, 0.25) is 0 Å². The zero-order valence-electron chi connectivity index (χ0n) is 22.7. The molecule has 0 unspecified atom stereocenters. The van der Waals surface area contributed by atoms with Crippen LogP contribution in [0.5, 0.6) is 0 Å². The van der Waals surface area contributed by atoms with Crippen molar-refractivity contribution < 1.29 is 9.53 Å². The van der Waals surface area contributed by atoms with Gasteiger partial charge in [0.1, 0.15) is 5.78 Å². The number of likely N-dealkylation sites (tertiary alicyclic amines) is 1. The van der Waals surface area contributed by atoms with Gasteiger partial charge in [-0.2, -0.15) is 10.2 Å². The molecule has 1 fully saturated rings. The number of ether oxygens (including phenoxy) is 1. The zero-order chi connectivity index (χ0) is 26.6. The van der Waals surface area contributed by atoms with Gasteiger partial charge in [-0.05, 0) is 55.2 Å². The van der Waals surface area contributed by atoms with Gasteiger partial charge in [0.05, 0.1) is 29.9 Å². The lowest BCUT2D eigenvalue weighted by Gasteiger charge is -2.19. The minimum atomic E-state index is 0.234. The van der Waals surface area contributed by atoms with E-state index in [1.807, 2.05) is 67.6 Å². The van der Waals surface area contributed by atoms with Crippen LogP contribution in [0.3, 0.4) is 0 Å². The number of para-hydroxylation sites is 1. The number of ketones is 1. The Labute approximate surface area is 224 Å². The Balaban J connectivity index is 1.41. The lowest BCUT2D eigenvalue weighted by atomic mass is 9.85. The van der Waals surface area contributed by atoms with Crippen molar-refractivity contribution in [2.45, 2.75) is 32.6 Å². The second kappa shape index (κ2) is 11.4. The minimum Gasteiger partial charge on any atom is -0.383 e. The number of benzene rings is 1. The molecule has 0 spiro atoms. The van der Waals surface area contributed by atoms with Crippen LogP contribution in [0.1, 0.15) is 34.9 Å². The van der Waals surface area contributed by atoms with Gasteiger partial charge >= 0.3 is 0 Å². The minimum absolute atomic E-state index is 0.234. The summed E-state index contributed by atoms with van der Waals surface area (Å²) in [6, 6.07) is 14.3. The van der Waals surface area contributed by atoms with E-state index < -0.39 is 0 Å². The van der Waals surface area contributed by atoms with Crippen LogP contribution in [0.25, 0.3) is 16.9 Å². The predicted octanol–water partition coefficient (Wildman–Crippen LogP) is 4.15. The maximum absolute atomic E-state index is 13.7. The number of aryl methyl sites for hydroxylation is 2. The first-order chi connectivity index (χ1) is 18.4. The van der Waals surface area contributed by atoms with Crippen molar-refractivity contribution in [3.63, 3.8) is 0 Å². The van der Waals surface area contributed by atoms with Crippen molar-refractivity contribution >= 4 is 5.78 Å². The molecule has 8 nitrogen and oxygen atoms in total. The van der Waals surface area contributed by atoms with E-state index in [4.69, 9.17) is 9.84 Å². The molecule has 8 heteroatoms. The van der Waals surface area contributed by atoms with Crippen molar-refractivity contribution in [2.75, 3.05) is 33.4 Å². The van der Waals surface area contributed by atoms with Crippen molar-refractivity contribution in [1.82, 2.24) is 29.4 Å². The summed E-state index contributed by atoms with van der Waals surface area (Å²) >= 11 is 0. The fourth-order valence-corrected chi connectivity index (χ4v) is 5.64. The summed E-state index contributed by atoms with van der Waals surface area (Å²) in [4.78, 5) is 20.5. The predicted molar refractivity (Wildman–Crippen MR) is 147 cm³/mol. The highest BCUT2D eigenvalue weighted by Crippen LogP contribution is 2.36. The van der Waals surface area contributed by atoms with Crippen molar-refractivity contribution in [2.24, 2.45) is 13.0 Å². The molecule has 0 radical (unpaired) electrons. The fraction of sp³-hybridized carbons (Fsp3) is 0.400. The fourth-order valence-electron chi connectivity index (χ4n) is 5.64. The molecular formula is C30H36N6O2. The van der Waals surface area contributed by atoms with Gasteiger partial charge < -0.3 is 9.64 Å². The van der Waals surface area contributed by atoms with Gasteiger partial charge in [-0.15, -0.1) is 0 Å². The van der Waals surface area contributed by atoms with Crippen LogP contribution in [0, 0.1) is 19.8 Å². The Morgan fingerprint density at radius 2 is 1.95 bits per heavy atom. The van der Waals surface area contributed by atoms with E-state index in [1.54, 1.807) is 11.8 Å². The first-order valence-corrected chi connectivity index (χ1v) is 13.2. The summed E-state index contributed by atoms with van der Waals surface area (Å²) in [5.74, 6) is 0.772. The quantitative estimate of drug-likeness (QED) is 0.318. The van der Waals surface area contributed by atoms with E-state index in [1.165, 1.54) is 5.56 Å². The number of carbonyl (C=O) groups excluding carboxylic acids is 1. The molecule has 1 saturated heterocycles. The van der Waals surface area contributed by atoms with E-state index >= 15 is 0 Å². The highest BCUT2D eigenvalue weighted by atomic mass is 16.5. The van der Waals surface area contributed by atoms with Gasteiger partial charge in [0, 0.05) is 76.2 Å². The van der Waals surface area contributed by atoms with Crippen molar-refractivity contribution in [3.8, 4) is 16.9 Å². The van der Waals surface area contributed by atoms with Crippen molar-refractivity contribution in [3.05, 3.63) is 83.6 Å². The molecule has 1 aliphatic rings. The summed E-state index contributed by atoms with van der Waals surface area (Å²) in [5.41, 5.74) is 6.99. The largest absolute Gasteiger partial charge is 0.383 e. The third kappa shape index (κ3) is 5.61. The molecule has 2 atom stereocenters. The standard InChI is InChI=1S/C30H36N6O2/c1-21-14-23(10-11-31-21)28-20-35(12-13-38-4)19-24(28)15-27(37)16-29-22(2)30(25-17-32-34(3)18-25)33-36(29)26-8-6-5-7-9-26/h5-11,14,17-18,24,28H,12-13,15-16,19-20H2,1-4H3/t24-,28+/m1/s1. The van der Waals surface area contributed by atoms with Crippen molar-refractivity contribution in [1.29, 1.82) is 0 Å². The average molecular weight is 513 g/mol. The van der Waals surface area contributed by atoms with E-state index in [-0.39, 0.29) is 11.7 Å². The third-order valence-corrected chi connectivity index (χ3v) is 7.55.